The molecule has 0 aliphatic rings. The van der Waals surface area contributed by atoms with Crippen LogP contribution in [-0.4, -0.2) is 6.04 Å². The Hall–Kier alpha value is -0.740. The van der Waals surface area contributed by atoms with Crippen molar-refractivity contribution in [2.24, 2.45) is 5.73 Å². The van der Waals surface area contributed by atoms with E-state index in [0.717, 1.165) is 10.0 Å². The van der Waals surface area contributed by atoms with Crippen molar-refractivity contribution in [2.75, 3.05) is 0 Å². The average molecular weight is 375 g/mol. The van der Waals surface area contributed by atoms with Crippen molar-refractivity contribution in [2.45, 2.75) is 19.4 Å². The van der Waals surface area contributed by atoms with Crippen LogP contribution >= 0.6 is 39.1 Å². The van der Waals surface area contributed by atoms with Crippen molar-refractivity contribution in [3.8, 4) is 11.5 Å². The number of halogens is 3. The van der Waals surface area contributed by atoms with Gasteiger partial charge in [0.25, 0.3) is 0 Å². The van der Waals surface area contributed by atoms with Crippen LogP contribution in [0.25, 0.3) is 0 Å². The first-order chi connectivity index (χ1) is 9.47. The van der Waals surface area contributed by atoms with E-state index in [1.807, 2.05) is 37.3 Å². The molecule has 5 heteroatoms. The third kappa shape index (κ3) is 3.89. The van der Waals surface area contributed by atoms with Gasteiger partial charge in [0.05, 0.1) is 5.02 Å². The SMILES string of the molecule is CC(N)Cc1c(Cl)cccc1Oc1cc(Br)ccc1Cl. The third-order valence-corrected chi connectivity index (χ3v) is 3.87. The number of hydrogen-bond acceptors (Lipinski definition) is 2. The first-order valence-corrected chi connectivity index (χ1v) is 7.68. The first kappa shape index (κ1) is 15.6. The smallest absolute Gasteiger partial charge is 0.147 e. The Morgan fingerprint density at radius 2 is 1.90 bits per heavy atom. The topological polar surface area (TPSA) is 35.2 Å². The Morgan fingerprint density at radius 3 is 2.60 bits per heavy atom. The van der Waals surface area contributed by atoms with Gasteiger partial charge in [0.2, 0.25) is 0 Å². The van der Waals surface area contributed by atoms with Gasteiger partial charge in [-0.05, 0) is 43.7 Å². The average Bonchev–Trinajstić information content (AvgIpc) is 2.37. The molecule has 2 aromatic carbocycles. The minimum atomic E-state index is -0.00442. The van der Waals surface area contributed by atoms with Crippen LogP contribution in [0, 0.1) is 0 Å². The molecule has 2 aromatic rings. The van der Waals surface area contributed by atoms with Gasteiger partial charge in [-0.1, -0.05) is 45.2 Å². The highest BCUT2D eigenvalue weighted by molar-refractivity contribution is 9.10. The maximum Gasteiger partial charge on any atom is 0.147 e. The van der Waals surface area contributed by atoms with E-state index in [1.165, 1.54) is 0 Å². The van der Waals surface area contributed by atoms with E-state index < -0.39 is 0 Å². The summed E-state index contributed by atoms with van der Waals surface area (Å²) in [4.78, 5) is 0. The molecule has 20 heavy (non-hydrogen) atoms. The van der Waals surface area contributed by atoms with Crippen LogP contribution < -0.4 is 10.5 Å². The lowest BCUT2D eigenvalue weighted by atomic mass is 10.1. The molecule has 0 spiro atoms. The summed E-state index contributed by atoms with van der Waals surface area (Å²) in [6, 6.07) is 11.0. The van der Waals surface area contributed by atoms with Gasteiger partial charge in [-0.25, -0.2) is 0 Å². The van der Waals surface area contributed by atoms with Crippen molar-refractivity contribution in [3.05, 3.63) is 56.5 Å². The van der Waals surface area contributed by atoms with Gasteiger partial charge in [0.15, 0.2) is 0 Å². The lowest BCUT2D eigenvalue weighted by Gasteiger charge is -2.15. The Bertz CT molecular complexity index is 617. The summed E-state index contributed by atoms with van der Waals surface area (Å²) in [5.74, 6) is 1.25. The van der Waals surface area contributed by atoms with Gasteiger partial charge < -0.3 is 10.5 Å². The molecule has 0 aromatic heterocycles. The molecular weight excluding hydrogens is 361 g/mol. The number of nitrogens with two attached hydrogens (primary N) is 1. The molecule has 2 N–H and O–H groups in total. The zero-order valence-electron chi connectivity index (χ0n) is 10.9. The molecule has 0 aliphatic carbocycles. The van der Waals surface area contributed by atoms with Gasteiger partial charge in [0.1, 0.15) is 11.5 Å². The molecule has 2 rings (SSSR count). The van der Waals surface area contributed by atoms with Crippen molar-refractivity contribution in [1.29, 1.82) is 0 Å². The van der Waals surface area contributed by atoms with Crippen molar-refractivity contribution < 1.29 is 4.74 Å². The first-order valence-electron chi connectivity index (χ1n) is 6.13. The predicted octanol–water partition coefficient (Wildman–Crippen LogP) is 5.44. The van der Waals surface area contributed by atoms with E-state index in [-0.39, 0.29) is 6.04 Å². The second kappa shape index (κ2) is 6.81. The van der Waals surface area contributed by atoms with Gasteiger partial charge >= 0.3 is 0 Å². The normalized spacial score (nSPS) is 12.2. The summed E-state index contributed by atoms with van der Waals surface area (Å²) in [6.07, 6.45) is 0.640. The highest BCUT2D eigenvalue weighted by atomic mass is 79.9. The predicted molar refractivity (Wildman–Crippen MR) is 88.0 cm³/mol. The Balaban J connectivity index is 2.38. The zero-order valence-corrected chi connectivity index (χ0v) is 14.0. The summed E-state index contributed by atoms with van der Waals surface area (Å²) in [7, 11) is 0. The second-order valence-corrected chi connectivity index (χ2v) is 6.30. The van der Waals surface area contributed by atoms with E-state index in [1.54, 1.807) is 6.07 Å². The Labute approximate surface area is 137 Å². The number of hydrogen-bond donors (Lipinski definition) is 1. The molecule has 0 amide bonds. The summed E-state index contributed by atoms with van der Waals surface area (Å²) < 4.78 is 6.80. The van der Waals surface area contributed by atoms with E-state index in [9.17, 15) is 0 Å². The van der Waals surface area contributed by atoms with Gasteiger partial charge in [0, 0.05) is 21.1 Å². The summed E-state index contributed by atoms with van der Waals surface area (Å²) in [5.41, 5.74) is 6.75. The number of ether oxygens (including phenoxy) is 1. The standard InChI is InChI=1S/C15H14BrCl2NO/c1-9(19)7-11-12(17)3-2-4-14(11)20-15-8-10(16)5-6-13(15)18/h2-6,8-9H,7,19H2,1H3. The summed E-state index contributed by atoms with van der Waals surface area (Å²) >= 11 is 15.8. The molecule has 0 radical (unpaired) electrons. The van der Waals surface area contributed by atoms with Crippen molar-refractivity contribution >= 4 is 39.1 Å². The maximum atomic E-state index is 6.23. The van der Waals surface area contributed by atoms with Gasteiger partial charge in [-0.15, -0.1) is 0 Å². The maximum absolute atomic E-state index is 6.23. The van der Waals surface area contributed by atoms with E-state index in [2.05, 4.69) is 15.9 Å². The molecule has 1 atom stereocenters. The van der Waals surface area contributed by atoms with Crippen LogP contribution in [0.5, 0.6) is 11.5 Å². The van der Waals surface area contributed by atoms with Crippen LogP contribution in [0.15, 0.2) is 40.9 Å². The molecule has 106 valence electrons. The van der Waals surface area contributed by atoms with Crippen molar-refractivity contribution in [3.63, 3.8) is 0 Å². The molecule has 2 nitrogen and oxygen atoms in total. The third-order valence-electron chi connectivity index (χ3n) is 2.72. The fourth-order valence-electron chi connectivity index (χ4n) is 1.83. The largest absolute Gasteiger partial charge is 0.455 e. The van der Waals surface area contributed by atoms with E-state index in [4.69, 9.17) is 33.7 Å². The monoisotopic (exact) mass is 373 g/mol. The lowest BCUT2D eigenvalue weighted by molar-refractivity contribution is 0.474. The van der Waals surface area contributed by atoms with E-state index in [0.29, 0.717) is 28.0 Å². The lowest BCUT2D eigenvalue weighted by Crippen LogP contribution is -2.18. The Kier molecular flexibility index (Phi) is 5.33. The highest BCUT2D eigenvalue weighted by Gasteiger charge is 2.12. The van der Waals surface area contributed by atoms with E-state index >= 15 is 0 Å². The molecule has 0 bridgehead atoms. The fraction of sp³-hybridized carbons (Fsp3) is 0.200. The second-order valence-electron chi connectivity index (χ2n) is 4.57. The van der Waals surface area contributed by atoms with Crippen LogP contribution in [0.1, 0.15) is 12.5 Å². The molecule has 0 fully saturated rings. The quantitative estimate of drug-likeness (QED) is 0.773. The molecular formula is C15H14BrCl2NO. The molecule has 1 unspecified atom stereocenters. The van der Waals surface area contributed by atoms with Gasteiger partial charge in [-0.2, -0.15) is 0 Å². The van der Waals surface area contributed by atoms with Crippen LogP contribution in [-0.2, 0) is 6.42 Å². The minimum absolute atomic E-state index is 0.00442. The number of rotatable bonds is 4. The molecule has 0 aliphatic heterocycles. The molecule has 0 saturated heterocycles. The van der Waals surface area contributed by atoms with Gasteiger partial charge in [-0.3, -0.25) is 0 Å². The van der Waals surface area contributed by atoms with Crippen LogP contribution in [0.4, 0.5) is 0 Å². The number of benzene rings is 2. The Morgan fingerprint density at radius 1 is 1.15 bits per heavy atom. The summed E-state index contributed by atoms with van der Waals surface area (Å²) in [5, 5.41) is 1.19. The molecule has 0 saturated carbocycles. The van der Waals surface area contributed by atoms with Crippen molar-refractivity contribution in [1.82, 2.24) is 0 Å². The van der Waals surface area contributed by atoms with Crippen LogP contribution in [0.2, 0.25) is 10.0 Å². The molecule has 0 heterocycles. The minimum Gasteiger partial charge on any atom is -0.455 e. The highest BCUT2D eigenvalue weighted by Crippen LogP contribution is 2.36. The zero-order chi connectivity index (χ0) is 14.7. The summed E-state index contributed by atoms with van der Waals surface area (Å²) in [6.45, 7) is 1.93. The van der Waals surface area contributed by atoms with Crippen LogP contribution in [0.3, 0.4) is 0 Å². The fourth-order valence-corrected chi connectivity index (χ4v) is 2.57.